The lowest BCUT2D eigenvalue weighted by Crippen LogP contribution is -1.93. The van der Waals surface area contributed by atoms with E-state index in [1.165, 1.54) is 6.07 Å². The SMILES string of the molecule is CC#CC#CC(O)c1ccccc1O. The van der Waals surface area contributed by atoms with Gasteiger partial charge in [-0.2, -0.15) is 0 Å². The number of phenolic OH excluding ortho intramolecular Hbond substituents is 1. The van der Waals surface area contributed by atoms with Gasteiger partial charge in [-0.05, 0) is 24.8 Å². The number of rotatable bonds is 1. The van der Waals surface area contributed by atoms with Gasteiger partial charge in [0.25, 0.3) is 0 Å². The summed E-state index contributed by atoms with van der Waals surface area (Å²) in [6, 6.07) is 6.54. The number of phenols is 1. The first-order chi connectivity index (χ1) is 6.75. The molecule has 0 radical (unpaired) electrons. The van der Waals surface area contributed by atoms with Crippen molar-refractivity contribution in [1.29, 1.82) is 0 Å². The van der Waals surface area contributed by atoms with Crippen molar-refractivity contribution in [3.63, 3.8) is 0 Å². The van der Waals surface area contributed by atoms with Gasteiger partial charge in [0, 0.05) is 5.56 Å². The zero-order valence-corrected chi connectivity index (χ0v) is 7.78. The van der Waals surface area contributed by atoms with Gasteiger partial charge >= 0.3 is 0 Å². The maximum atomic E-state index is 9.53. The van der Waals surface area contributed by atoms with Crippen LogP contribution in [0.4, 0.5) is 0 Å². The highest BCUT2D eigenvalue weighted by atomic mass is 16.3. The lowest BCUT2D eigenvalue weighted by molar-refractivity contribution is 0.233. The molecule has 2 heteroatoms. The first-order valence-corrected chi connectivity index (χ1v) is 4.14. The second-order valence-corrected chi connectivity index (χ2v) is 2.61. The molecule has 0 saturated heterocycles. The van der Waals surface area contributed by atoms with Crippen molar-refractivity contribution in [2.24, 2.45) is 0 Å². The van der Waals surface area contributed by atoms with Crippen LogP contribution in [0.1, 0.15) is 18.6 Å². The van der Waals surface area contributed by atoms with Crippen LogP contribution in [0.5, 0.6) is 5.75 Å². The van der Waals surface area contributed by atoms with Crippen molar-refractivity contribution in [2.45, 2.75) is 13.0 Å². The second-order valence-electron chi connectivity index (χ2n) is 2.61. The minimum atomic E-state index is -0.989. The number of aliphatic hydroxyl groups is 1. The van der Waals surface area contributed by atoms with Gasteiger partial charge < -0.3 is 10.2 Å². The maximum absolute atomic E-state index is 9.53. The molecule has 70 valence electrons. The zero-order chi connectivity index (χ0) is 10.4. The van der Waals surface area contributed by atoms with Crippen molar-refractivity contribution < 1.29 is 10.2 Å². The molecule has 1 aromatic rings. The van der Waals surface area contributed by atoms with Gasteiger partial charge in [0.2, 0.25) is 0 Å². The lowest BCUT2D eigenvalue weighted by atomic mass is 10.1. The highest BCUT2D eigenvalue weighted by Crippen LogP contribution is 2.22. The summed E-state index contributed by atoms with van der Waals surface area (Å²) in [6.45, 7) is 1.67. The molecule has 14 heavy (non-hydrogen) atoms. The molecule has 0 aromatic heterocycles. The summed E-state index contributed by atoms with van der Waals surface area (Å²) >= 11 is 0. The summed E-state index contributed by atoms with van der Waals surface area (Å²) in [5.41, 5.74) is 0.401. The van der Waals surface area contributed by atoms with Crippen LogP contribution in [-0.2, 0) is 0 Å². The van der Waals surface area contributed by atoms with E-state index in [1.807, 2.05) is 0 Å². The van der Waals surface area contributed by atoms with Crippen molar-refractivity contribution in [3.05, 3.63) is 29.8 Å². The van der Waals surface area contributed by atoms with Gasteiger partial charge in [-0.3, -0.25) is 0 Å². The molecule has 1 atom stereocenters. The van der Waals surface area contributed by atoms with Crippen molar-refractivity contribution in [3.8, 4) is 29.4 Å². The van der Waals surface area contributed by atoms with E-state index < -0.39 is 6.10 Å². The number of aliphatic hydroxyl groups excluding tert-OH is 1. The van der Waals surface area contributed by atoms with E-state index in [0.717, 1.165) is 0 Å². The maximum Gasteiger partial charge on any atom is 0.144 e. The first-order valence-electron chi connectivity index (χ1n) is 4.14. The Labute approximate surface area is 83.2 Å². The largest absolute Gasteiger partial charge is 0.508 e. The lowest BCUT2D eigenvalue weighted by Gasteiger charge is -2.04. The minimum Gasteiger partial charge on any atom is -0.508 e. The Kier molecular flexibility index (Phi) is 3.61. The molecule has 2 nitrogen and oxygen atoms in total. The Bertz CT molecular complexity index is 427. The Morgan fingerprint density at radius 2 is 1.93 bits per heavy atom. The van der Waals surface area contributed by atoms with Crippen LogP contribution in [0.15, 0.2) is 24.3 Å². The molecule has 0 amide bonds. The number of hydrogen-bond donors (Lipinski definition) is 2. The van der Waals surface area contributed by atoms with Crippen LogP contribution in [0, 0.1) is 23.7 Å². The topological polar surface area (TPSA) is 40.5 Å². The van der Waals surface area contributed by atoms with E-state index in [-0.39, 0.29) is 5.75 Å². The van der Waals surface area contributed by atoms with Crippen molar-refractivity contribution in [2.75, 3.05) is 0 Å². The molecule has 0 aliphatic rings. The molecule has 0 bridgehead atoms. The van der Waals surface area contributed by atoms with Crippen molar-refractivity contribution in [1.82, 2.24) is 0 Å². The fraction of sp³-hybridized carbons (Fsp3) is 0.167. The number of benzene rings is 1. The highest BCUT2D eigenvalue weighted by Gasteiger charge is 2.07. The third-order valence-electron chi connectivity index (χ3n) is 1.63. The fourth-order valence-corrected chi connectivity index (χ4v) is 0.963. The molecule has 1 rings (SSSR count). The second kappa shape index (κ2) is 4.97. The van der Waals surface area contributed by atoms with Gasteiger partial charge in [-0.1, -0.05) is 30.0 Å². The number of hydrogen-bond acceptors (Lipinski definition) is 2. The average Bonchev–Trinajstić information content (AvgIpc) is 2.18. The molecule has 2 N–H and O–H groups in total. The molecule has 0 spiro atoms. The molecule has 0 heterocycles. The van der Waals surface area contributed by atoms with E-state index >= 15 is 0 Å². The quantitative estimate of drug-likeness (QED) is 0.652. The van der Waals surface area contributed by atoms with E-state index in [2.05, 4.69) is 23.7 Å². The molecule has 0 saturated carbocycles. The normalized spacial score (nSPS) is 10.4. The van der Waals surface area contributed by atoms with Crippen LogP contribution in [0.3, 0.4) is 0 Å². The molecule has 1 aromatic carbocycles. The van der Waals surface area contributed by atoms with Gasteiger partial charge in [-0.15, -0.1) is 0 Å². The molecule has 0 aliphatic heterocycles. The Morgan fingerprint density at radius 1 is 1.21 bits per heavy atom. The standard InChI is InChI=1S/C12H10O2/c1-2-3-4-8-11(13)10-7-5-6-9-12(10)14/h5-7,9,11,13-14H,1H3. The zero-order valence-electron chi connectivity index (χ0n) is 7.78. The van der Waals surface area contributed by atoms with Crippen LogP contribution >= 0.6 is 0 Å². The fourth-order valence-electron chi connectivity index (χ4n) is 0.963. The third-order valence-corrected chi connectivity index (χ3v) is 1.63. The van der Waals surface area contributed by atoms with Gasteiger partial charge in [-0.25, -0.2) is 0 Å². The molecular formula is C12H10O2. The number of para-hydroxylation sites is 1. The monoisotopic (exact) mass is 186 g/mol. The van der Waals surface area contributed by atoms with E-state index in [4.69, 9.17) is 0 Å². The summed E-state index contributed by atoms with van der Waals surface area (Å²) < 4.78 is 0. The summed E-state index contributed by atoms with van der Waals surface area (Å²) in [5, 5.41) is 18.9. The minimum absolute atomic E-state index is 0.0405. The van der Waals surface area contributed by atoms with Crippen LogP contribution in [-0.4, -0.2) is 10.2 Å². The van der Waals surface area contributed by atoms with Gasteiger partial charge in [0.15, 0.2) is 0 Å². The Balaban J connectivity index is 2.90. The van der Waals surface area contributed by atoms with Gasteiger partial charge in [0.05, 0.1) is 0 Å². The summed E-state index contributed by atoms with van der Waals surface area (Å²) in [6.07, 6.45) is -0.989. The van der Waals surface area contributed by atoms with Crippen molar-refractivity contribution >= 4 is 0 Å². The first kappa shape index (κ1) is 10.2. The van der Waals surface area contributed by atoms with E-state index in [0.29, 0.717) is 5.56 Å². The Hall–Kier alpha value is -1.90. The van der Waals surface area contributed by atoms with E-state index in [9.17, 15) is 10.2 Å². The van der Waals surface area contributed by atoms with Crippen LogP contribution < -0.4 is 0 Å². The van der Waals surface area contributed by atoms with E-state index in [1.54, 1.807) is 25.1 Å². The highest BCUT2D eigenvalue weighted by molar-refractivity contribution is 5.39. The summed E-state index contributed by atoms with van der Waals surface area (Å²) in [4.78, 5) is 0. The molecular weight excluding hydrogens is 176 g/mol. The summed E-state index contributed by atoms with van der Waals surface area (Å²) in [5.74, 6) is 10.1. The van der Waals surface area contributed by atoms with Crippen LogP contribution in [0.25, 0.3) is 0 Å². The molecule has 0 fully saturated rings. The smallest absolute Gasteiger partial charge is 0.144 e. The molecule has 1 unspecified atom stereocenters. The average molecular weight is 186 g/mol. The third kappa shape index (κ3) is 2.55. The summed E-state index contributed by atoms with van der Waals surface area (Å²) in [7, 11) is 0. The predicted octanol–water partition coefficient (Wildman–Crippen LogP) is 1.45. The van der Waals surface area contributed by atoms with Crippen LogP contribution in [0.2, 0.25) is 0 Å². The Morgan fingerprint density at radius 3 is 2.57 bits per heavy atom. The predicted molar refractivity (Wildman–Crippen MR) is 54.3 cm³/mol. The molecule has 0 aliphatic carbocycles. The van der Waals surface area contributed by atoms with Gasteiger partial charge in [0.1, 0.15) is 11.9 Å². The number of aromatic hydroxyl groups is 1.